The van der Waals surface area contributed by atoms with E-state index < -0.39 is 53.4 Å². The van der Waals surface area contributed by atoms with Gasteiger partial charge in [0.2, 0.25) is 0 Å². The second-order valence-corrected chi connectivity index (χ2v) is 19.7. The van der Waals surface area contributed by atoms with Crippen LogP contribution in [0.1, 0.15) is 64.5 Å². The third kappa shape index (κ3) is 11.1. The quantitative estimate of drug-likeness (QED) is 0.0748. The van der Waals surface area contributed by atoms with E-state index in [-0.39, 0.29) is 63.0 Å². The molecule has 4 aliphatic carbocycles. The van der Waals surface area contributed by atoms with Gasteiger partial charge in [0.05, 0.1) is 62.0 Å². The molecule has 4 fully saturated rings. The first-order valence-electron chi connectivity index (χ1n) is 19.7. The highest BCUT2D eigenvalue weighted by atomic mass is 32.2. The molecule has 1 aromatic rings. The van der Waals surface area contributed by atoms with Gasteiger partial charge in [-0.1, -0.05) is 52.0 Å². The third-order valence-electron chi connectivity index (χ3n) is 13.0. The Hall–Kier alpha value is -2.46. The second kappa shape index (κ2) is 20.4. The molecule has 0 saturated heterocycles. The normalized spacial score (nSPS) is 27.1. The number of Topliss-reactive ketones (excluding diaryl/α,β-unsaturated/α-hetero) is 2. The van der Waals surface area contributed by atoms with E-state index in [1.54, 1.807) is 22.0 Å². The lowest BCUT2D eigenvalue weighted by molar-refractivity contribution is -0.125. The van der Waals surface area contributed by atoms with Gasteiger partial charge >= 0.3 is 0 Å². The van der Waals surface area contributed by atoms with E-state index >= 15 is 0 Å². The maximum Gasteiger partial charge on any atom is 0.265 e. The van der Waals surface area contributed by atoms with Crippen molar-refractivity contribution >= 4 is 44.0 Å². The van der Waals surface area contributed by atoms with Crippen LogP contribution >= 0.6 is 0 Å². The number of aliphatic hydroxyl groups excluding tert-OH is 6. The van der Waals surface area contributed by atoms with Gasteiger partial charge < -0.3 is 30.6 Å². The van der Waals surface area contributed by atoms with Crippen molar-refractivity contribution in [3.05, 3.63) is 46.5 Å². The molecule has 5 rings (SSSR count). The Balaban J connectivity index is 0.000000371. The van der Waals surface area contributed by atoms with E-state index in [0.717, 1.165) is 11.1 Å². The van der Waals surface area contributed by atoms with Crippen LogP contribution in [0.25, 0.3) is 12.2 Å². The van der Waals surface area contributed by atoms with Crippen molar-refractivity contribution in [2.24, 2.45) is 33.5 Å². The summed E-state index contributed by atoms with van der Waals surface area (Å²) < 4.78 is 66.1. The number of hydrogen-bond acceptors (Lipinski definition) is 14. The molecule has 4 unspecified atom stereocenters. The summed E-state index contributed by atoms with van der Waals surface area (Å²) in [5, 5.41) is 50.9. The van der Waals surface area contributed by atoms with Crippen LogP contribution in [0.4, 0.5) is 0 Å². The number of rotatable bonds is 18. The standard InChI is InChI=1S/C28H34O8S2.2C6H15NO3/c1-25(2)21-9-11-27(25,15-37(31,32)33)23(29)19(21)13-17-5-7-18(8-6-17)14-20-22-10-12-28(24(20)30,26(22,3)4)16-38(34,35)36;2*8-4-1-7(2-5-9)3-6-10/h5-8,13-14,21-22H,9-12,15-16H2,1-4H3,(H,31,32,33)(H,34,35,36);2*8-10H,1-6H2. The Bertz CT molecular complexity index is 1680. The van der Waals surface area contributed by atoms with Crippen molar-refractivity contribution in [1.29, 1.82) is 0 Å². The van der Waals surface area contributed by atoms with Gasteiger partial charge in [-0.05, 0) is 71.6 Å². The molecule has 0 aromatic heterocycles. The molecule has 0 heterocycles. The highest BCUT2D eigenvalue weighted by Gasteiger charge is 2.68. The van der Waals surface area contributed by atoms with Gasteiger partial charge in [-0.25, -0.2) is 0 Å². The maximum atomic E-state index is 13.4. The van der Waals surface area contributed by atoms with Gasteiger partial charge in [0.25, 0.3) is 20.2 Å². The zero-order valence-electron chi connectivity index (χ0n) is 34.1. The van der Waals surface area contributed by atoms with Crippen LogP contribution < -0.4 is 0 Å². The van der Waals surface area contributed by atoms with E-state index in [9.17, 15) is 35.5 Å². The fourth-order valence-corrected chi connectivity index (χ4v) is 12.3. The molecule has 1 aromatic carbocycles. The van der Waals surface area contributed by atoms with Gasteiger partial charge in [-0.2, -0.15) is 16.8 Å². The van der Waals surface area contributed by atoms with Gasteiger partial charge in [0.15, 0.2) is 11.6 Å². The molecule has 0 amide bonds. The highest BCUT2D eigenvalue weighted by Crippen LogP contribution is 2.67. The molecule has 16 nitrogen and oxygen atoms in total. The Labute approximate surface area is 342 Å². The minimum atomic E-state index is -4.33. The Kier molecular flexibility index (Phi) is 17.6. The van der Waals surface area contributed by atoms with Crippen LogP contribution in [0.15, 0.2) is 35.4 Å². The molecule has 0 spiro atoms. The molecule has 4 atom stereocenters. The number of hydrogen-bond donors (Lipinski definition) is 8. The summed E-state index contributed by atoms with van der Waals surface area (Å²) in [4.78, 5) is 30.4. The van der Waals surface area contributed by atoms with Gasteiger partial charge in [-0.3, -0.25) is 28.5 Å². The zero-order chi connectivity index (χ0) is 43.7. The second-order valence-electron chi connectivity index (χ2n) is 16.8. The van der Waals surface area contributed by atoms with Gasteiger partial charge in [-0.15, -0.1) is 0 Å². The van der Waals surface area contributed by atoms with E-state index in [4.69, 9.17) is 30.6 Å². The summed E-state index contributed by atoms with van der Waals surface area (Å²) in [7, 11) is -8.66. The van der Waals surface area contributed by atoms with Crippen molar-refractivity contribution in [3.63, 3.8) is 0 Å². The smallest absolute Gasteiger partial charge is 0.265 e. The molecule has 0 aliphatic heterocycles. The Morgan fingerprint density at radius 3 is 1.03 bits per heavy atom. The molecule has 4 aliphatic rings. The number of nitrogens with zero attached hydrogens (tertiary/aromatic N) is 2. The summed E-state index contributed by atoms with van der Waals surface area (Å²) >= 11 is 0. The topological polar surface area (TPSA) is 271 Å². The molecular weight excluding hydrogens is 797 g/mol. The van der Waals surface area contributed by atoms with Crippen molar-refractivity contribution in [3.8, 4) is 0 Å². The molecule has 4 bridgehead atoms. The van der Waals surface area contributed by atoms with Crippen molar-refractivity contribution in [2.75, 3.05) is 90.4 Å². The molecule has 4 saturated carbocycles. The van der Waals surface area contributed by atoms with Crippen LogP contribution in [0.2, 0.25) is 0 Å². The minimum Gasteiger partial charge on any atom is -0.395 e. The van der Waals surface area contributed by atoms with E-state index in [2.05, 4.69) is 0 Å². The lowest BCUT2D eigenvalue weighted by Crippen LogP contribution is -2.42. The third-order valence-corrected chi connectivity index (χ3v) is 14.7. The molecule has 8 N–H and O–H groups in total. The van der Waals surface area contributed by atoms with Crippen molar-refractivity contribution in [1.82, 2.24) is 9.80 Å². The van der Waals surface area contributed by atoms with Gasteiger partial charge in [0.1, 0.15) is 0 Å². The lowest BCUT2D eigenvalue weighted by atomic mass is 9.70. The van der Waals surface area contributed by atoms with Crippen LogP contribution in [0, 0.1) is 33.5 Å². The number of carbonyl (C=O) groups is 2. The first-order chi connectivity index (χ1) is 27.0. The van der Waals surface area contributed by atoms with Gasteiger partial charge in [0, 0.05) is 50.4 Å². The monoisotopic (exact) mass is 860 g/mol. The average molecular weight is 861 g/mol. The van der Waals surface area contributed by atoms with E-state index in [0.29, 0.717) is 76.1 Å². The van der Waals surface area contributed by atoms with Crippen LogP contribution in [-0.4, -0.2) is 168 Å². The zero-order valence-corrected chi connectivity index (χ0v) is 35.7. The maximum absolute atomic E-state index is 13.4. The molecule has 330 valence electrons. The SMILES string of the molecule is CC1(C)C2CCC1(CS(=O)(=O)O)C(=O)C2=Cc1ccc(C=C2C(=O)C3(CS(=O)(=O)O)CCC2C3(C)C)cc1.OCCN(CCO)CCO.OCCN(CCO)CCO. The number of ketones is 2. The summed E-state index contributed by atoms with van der Waals surface area (Å²) in [5.74, 6) is -1.80. The highest BCUT2D eigenvalue weighted by molar-refractivity contribution is 7.86. The Morgan fingerprint density at radius 2 is 0.810 bits per heavy atom. The summed E-state index contributed by atoms with van der Waals surface area (Å²) in [6.07, 6.45) is 5.80. The number of allylic oxidation sites excluding steroid dienone is 2. The predicted molar refractivity (Wildman–Crippen MR) is 219 cm³/mol. The van der Waals surface area contributed by atoms with E-state index in [1.807, 2.05) is 52.0 Å². The predicted octanol–water partition coefficient (Wildman–Crippen LogP) is 0.770. The first-order valence-corrected chi connectivity index (χ1v) is 22.9. The average Bonchev–Trinajstić information content (AvgIpc) is 3.63. The molecule has 58 heavy (non-hydrogen) atoms. The number of carbonyl (C=O) groups excluding carboxylic acids is 2. The molecular formula is C40H64N2O14S2. The van der Waals surface area contributed by atoms with Crippen LogP contribution in [0.3, 0.4) is 0 Å². The largest absolute Gasteiger partial charge is 0.395 e. The van der Waals surface area contributed by atoms with Crippen LogP contribution in [0.5, 0.6) is 0 Å². The van der Waals surface area contributed by atoms with Crippen molar-refractivity contribution in [2.45, 2.75) is 53.4 Å². The number of aliphatic hydroxyl groups is 6. The summed E-state index contributed by atoms with van der Waals surface area (Å²) in [5.41, 5.74) is -0.762. The summed E-state index contributed by atoms with van der Waals surface area (Å²) in [6, 6.07) is 7.33. The van der Waals surface area contributed by atoms with Crippen molar-refractivity contribution < 1.29 is 66.2 Å². The van der Waals surface area contributed by atoms with Crippen LogP contribution in [-0.2, 0) is 29.8 Å². The first kappa shape index (κ1) is 49.9. The Morgan fingerprint density at radius 1 is 0.552 bits per heavy atom. The fraction of sp³-hybridized carbons (Fsp3) is 0.700. The lowest BCUT2D eigenvalue weighted by Gasteiger charge is -2.34. The minimum absolute atomic E-state index is 0.0694. The van der Waals surface area contributed by atoms with E-state index in [1.165, 1.54) is 0 Å². The molecule has 0 radical (unpaired) electrons. The fourth-order valence-electron chi connectivity index (χ4n) is 9.75. The number of benzene rings is 1. The number of fused-ring (bicyclic) bond motifs is 4. The molecule has 18 heteroatoms. The summed E-state index contributed by atoms with van der Waals surface area (Å²) in [6.45, 7) is 11.1.